The maximum Gasteiger partial charge on any atom is 0.338 e. The molecule has 0 aliphatic carbocycles. The first-order valence-corrected chi connectivity index (χ1v) is 14.2. The Morgan fingerprint density at radius 2 is 0.682 bits per heavy atom. The molecular formula is C39H38O5. The molecule has 0 bridgehead atoms. The van der Waals surface area contributed by atoms with Gasteiger partial charge in [0.1, 0.15) is 0 Å². The number of hydrogen-bond acceptors (Lipinski definition) is 5. The van der Waals surface area contributed by atoms with E-state index < -0.39 is 0 Å². The third kappa shape index (κ3) is 14.5. The molecule has 5 aromatic carbocycles. The van der Waals surface area contributed by atoms with Gasteiger partial charge in [0.05, 0.1) is 12.2 Å². The second-order valence-corrected chi connectivity index (χ2v) is 9.50. The highest BCUT2D eigenvalue weighted by atomic mass is 16.5. The minimum absolute atomic E-state index is 0.121. The van der Waals surface area contributed by atoms with Crippen molar-refractivity contribution in [3.05, 3.63) is 179 Å². The number of carbonyl (C=O) groups is 4. The molecule has 0 aliphatic rings. The molecule has 0 heterocycles. The van der Waals surface area contributed by atoms with Gasteiger partial charge in [-0.1, -0.05) is 140 Å². The third-order valence-electron chi connectivity index (χ3n) is 6.02. The summed E-state index contributed by atoms with van der Waals surface area (Å²) < 4.78 is 5.19. The fourth-order valence-corrected chi connectivity index (χ4v) is 3.58. The molecule has 5 rings (SSSR count). The molecule has 0 amide bonds. The first-order valence-electron chi connectivity index (χ1n) is 14.2. The highest BCUT2D eigenvalue weighted by Gasteiger charge is 2.05. The van der Waals surface area contributed by atoms with E-state index in [1.165, 1.54) is 5.56 Å². The molecule has 5 heteroatoms. The van der Waals surface area contributed by atoms with E-state index in [9.17, 15) is 19.2 Å². The van der Waals surface area contributed by atoms with Crippen LogP contribution in [0.1, 0.15) is 67.8 Å². The van der Waals surface area contributed by atoms with Crippen molar-refractivity contribution in [3.63, 3.8) is 0 Å². The molecule has 224 valence electrons. The average molecular weight is 587 g/mol. The molecule has 0 spiro atoms. The van der Waals surface area contributed by atoms with Crippen molar-refractivity contribution < 1.29 is 23.9 Å². The van der Waals surface area contributed by atoms with E-state index in [2.05, 4.69) is 0 Å². The van der Waals surface area contributed by atoms with Gasteiger partial charge in [-0.15, -0.1) is 0 Å². The molecule has 0 N–H and O–H groups in total. The Bertz CT molecular complexity index is 1420. The van der Waals surface area contributed by atoms with Crippen molar-refractivity contribution in [1.82, 2.24) is 0 Å². The van der Waals surface area contributed by atoms with Crippen molar-refractivity contribution >= 4 is 23.3 Å². The lowest BCUT2D eigenvalue weighted by Crippen LogP contribution is -2.07. The maximum atomic E-state index is 11.6. The number of rotatable bonds is 7. The monoisotopic (exact) mass is 586 g/mol. The fraction of sp³-hybridized carbons (Fsp3) is 0.128. The third-order valence-corrected chi connectivity index (χ3v) is 6.02. The molecular weight excluding hydrogens is 548 g/mol. The van der Waals surface area contributed by atoms with Crippen LogP contribution in [0.15, 0.2) is 152 Å². The second-order valence-electron chi connectivity index (χ2n) is 9.50. The zero-order valence-electron chi connectivity index (χ0n) is 25.4. The van der Waals surface area contributed by atoms with Crippen molar-refractivity contribution in [1.29, 1.82) is 0 Å². The molecule has 0 unspecified atom stereocenters. The van der Waals surface area contributed by atoms with Gasteiger partial charge in [-0.25, -0.2) is 4.79 Å². The standard InChI is InChI=1S/C15H14O2.3C8H8O/c16-15(14-9-5-2-6-10-14)17-12-11-13-7-3-1-4-8-13;3*1-7(9)8-5-3-2-4-6-8/h1-10H,11-12H2;3*2-6H,1H3. The van der Waals surface area contributed by atoms with Crippen LogP contribution in [0.5, 0.6) is 0 Å². The van der Waals surface area contributed by atoms with Crippen LogP contribution in [0.4, 0.5) is 0 Å². The Morgan fingerprint density at radius 1 is 0.409 bits per heavy atom. The molecule has 0 fully saturated rings. The lowest BCUT2D eigenvalue weighted by molar-refractivity contribution is 0.0509. The van der Waals surface area contributed by atoms with Crippen LogP contribution in [0.3, 0.4) is 0 Å². The van der Waals surface area contributed by atoms with E-state index in [-0.39, 0.29) is 23.3 Å². The molecule has 5 nitrogen and oxygen atoms in total. The first kappa shape index (κ1) is 34.8. The van der Waals surface area contributed by atoms with E-state index in [0.29, 0.717) is 12.2 Å². The lowest BCUT2D eigenvalue weighted by atomic mass is 10.2. The first-order chi connectivity index (χ1) is 21.3. The van der Waals surface area contributed by atoms with Crippen LogP contribution >= 0.6 is 0 Å². The number of carbonyl (C=O) groups excluding carboxylic acids is 4. The average Bonchev–Trinajstić information content (AvgIpc) is 3.07. The van der Waals surface area contributed by atoms with Crippen LogP contribution in [-0.2, 0) is 11.2 Å². The van der Waals surface area contributed by atoms with Gasteiger partial charge >= 0.3 is 5.97 Å². The summed E-state index contributed by atoms with van der Waals surface area (Å²) in [5.41, 5.74) is 4.10. The Labute approximate surface area is 260 Å². The maximum absolute atomic E-state index is 11.6. The molecule has 0 saturated carbocycles. The number of ether oxygens (including phenoxy) is 1. The Hall–Kier alpha value is -5.42. The summed E-state index contributed by atoms with van der Waals surface area (Å²) in [7, 11) is 0. The number of ketones is 3. The fourth-order valence-electron chi connectivity index (χ4n) is 3.58. The van der Waals surface area contributed by atoms with Gasteiger partial charge in [-0.2, -0.15) is 0 Å². The van der Waals surface area contributed by atoms with Crippen molar-refractivity contribution in [3.8, 4) is 0 Å². The summed E-state index contributed by atoms with van der Waals surface area (Å²) in [5.74, 6) is 0.100. The topological polar surface area (TPSA) is 77.5 Å². The van der Waals surface area contributed by atoms with Crippen molar-refractivity contribution in [2.24, 2.45) is 0 Å². The summed E-state index contributed by atoms with van der Waals surface area (Å²) in [6.07, 6.45) is 0.749. The second kappa shape index (κ2) is 20.5. The molecule has 0 aliphatic heterocycles. The van der Waals surface area contributed by atoms with Crippen LogP contribution < -0.4 is 0 Å². The smallest absolute Gasteiger partial charge is 0.338 e. The minimum atomic E-state index is -0.262. The van der Waals surface area contributed by atoms with E-state index in [0.717, 1.165) is 23.1 Å². The number of benzene rings is 5. The molecule has 0 atom stereocenters. The number of hydrogen-bond donors (Lipinski definition) is 0. The molecule has 0 radical (unpaired) electrons. The van der Waals surface area contributed by atoms with Gasteiger partial charge < -0.3 is 4.74 Å². The quantitative estimate of drug-likeness (QED) is 0.141. The summed E-state index contributed by atoms with van der Waals surface area (Å²) in [6.45, 7) is 5.11. The molecule has 0 saturated heterocycles. The summed E-state index contributed by atoms with van der Waals surface area (Å²) in [4.78, 5) is 43.5. The molecule has 0 aromatic heterocycles. The van der Waals surface area contributed by atoms with Crippen LogP contribution in [0.2, 0.25) is 0 Å². The lowest BCUT2D eigenvalue weighted by Gasteiger charge is -2.04. The van der Waals surface area contributed by atoms with Crippen molar-refractivity contribution in [2.75, 3.05) is 6.61 Å². The zero-order chi connectivity index (χ0) is 32.0. The van der Waals surface area contributed by atoms with Crippen LogP contribution in [-0.4, -0.2) is 29.9 Å². The van der Waals surface area contributed by atoms with Gasteiger partial charge in [0.25, 0.3) is 0 Å². The zero-order valence-corrected chi connectivity index (χ0v) is 25.4. The summed E-state index contributed by atoms with van der Waals surface area (Å²) in [6, 6.07) is 46.7. The minimum Gasteiger partial charge on any atom is -0.462 e. The Balaban J connectivity index is 0.000000216. The van der Waals surface area contributed by atoms with Gasteiger partial charge in [0.2, 0.25) is 0 Å². The van der Waals surface area contributed by atoms with Crippen molar-refractivity contribution in [2.45, 2.75) is 27.2 Å². The highest BCUT2D eigenvalue weighted by Crippen LogP contribution is 2.04. The van der Waals surface area contributed by atoms with E-state index in [1.807, 2.05) is 140 Å². The normalized spacial score (nSPS) is 9.34. The Kier molecular flexibility index (Phi) is 16.2. The summed E-state index contributed by atoms with van der Waals surface area (Å²) in [5, 5.41) is 0. The van der Waals surface area contributed by atoms with Gasteiger partial charge in [-0.3, -0.25) is 14.4 Å². The van der Waals surface area contributed by atoms with Crippen LogP contribution in [0.25, 0.3) is 0 Å². The largest absolute Gasteiger partial charge is 0.462 e. The highest BCUT2D eigenvalue weighted by molar-refractivity contribution is 5.94. The van der Waals surface area contributed by atoms with Gasteiger partial charge in [0.15, 0.2) is 17.3 Å². The number of Topliss-reactive ketones (excluding diaryl/α,β-unsaturated/α-hetero) is 3. The summed E-state index contributed by atoms with van der Waals surface area (Å²) >= 11 is 0. The molecule has 44 heavy (non-hydrogen) atoms. The van der Waals surface area contributed by atoms with Crippen LogP contribution in [0, 0.1) is 0 Å². The van der Waals surface area contributed by atoms with Gasteiger partial charge in [0, 0.05) is 23.1 Å². The SMILES string of the molecule is CC(=O)c1ccccc1.CC(=O)c1ccccc1.CC(=O)c1ccccc1.O=C(OCCc1ccccc1)c1ccccc1. The Morgan fingerprint density at radius 3 is 0.955 bits per heavy atom. The predicted octanol–water partition coefficient (Wildman–Crippen LogP) is 8.75. The number of esters is 1. The predicted molar refractivity (Wildman–Crippen MR) is 176 cm³/mol. The van der Waals surface area contributed by atoms with E-state index >= 15 is 0 Å². The van der Waals surface area contributed by atoms with E-state index in [4.69, 9.17) is 4.74 Å². The molecule has 5 aromatic rings. The van der Waals surface area contributed by atoms with Gasteiger partial charge in [-0.05, 0) is 38.5 Å². The van der Waals surface area contributed by atoms with E-state index in [1.54, 1.807) is 32.9 Å².